The van der Waals surface area contributed by atoms with E-state index in [-0.39, 0.29) is 0 Å². The summed E-state index contributed by atoms with van der Waals surface area (Å²) in [4.78, 5) is 4.24. The van der Waals surface area contributed by atoms with Crippen molar-refractivity contribution in [2.75, 3.05) is 0 Å². The molecule has 1 heterocycles. The Kier molecular flexibility index (Phi) is 2.88. The maximum atomic E-state index is 5.01. The SMILES string of the molecule is Cc1nc(-c2ccc3ccc(CBr)cc3c2)no1. The van der Waals surface area contributed by atoms with Gasteiger partial charge in [-0.1, -0.05) is 51.4 Å². The zero-order chi connectivity index (χ0) is 12.5. The average molecular weight is 303 g/mol. The second-order valence-electron chi connectivity index (χ2n) is 4.17. The van der Waals surface area contributed by atoms with Crippen LogP contribution >= 0.6 is 15.9 Å². The summed E-state index contributed by atoms with van der Waals surface area (Å²) in [7, 11) is 0. The Balaban J connectivity index is 2.14. The molecule has 1 aromatic heterocycles. The summed E-state index contributed by atoms with van der Waals surface area (Å²) in [5.41, 5.74) is 2.23. The van der Waals surface area contributed by atoms with Crippen LogP contribution in [0.1, 0.15) is 11.5 Å². The van der Waals surface area contributed by atoms with Gasteiger partial charge in [0.25, 0.3) is 0 Å². The molecule has 3 aromatic rings. The van der Waals surface area contributed by atoms with E-state index >= 15 is 0 Å². The molecule has 0 aliphatic heterocycles. The summed E-state index contributed by atoms with van der Waals surface area (Å²) in [5.74, 6) is 1.22. The van der Waals surface area contributed by atoms with E-state index in [1.807, 2.05) is 6.07 Å². The maximum absolute atomic E-state index is 5.01. The molecular formula is C14H11BrN2O. The van der Waals surface area contributed by atoms with Gasteiger partial charge in [0.15, 0.2) is 0 Å². The molecule has 0 radical (unpaired) electrons. The van der Waals surface area contributed by atoms with E-state index in [9.17, 15) is 0 Å². The Bertz CT molecular complexity index is 706. The van der Waals surface area contributed by atoms with Crippen LogP contribution in [0.3, 0.4) is 0 Å². The van der Waals surface area contributed by atoms with Gasteiger partial charge in [-0.15, -0.1) is 0 Å². The molecule has 0 fully saturated rings. The van der Waals surface area contributed by atoms with Gasteiger partial charge in [-0.05, 0) is 22.4 Å². The van der Waals surface area contributed by atoms with Gasteiger partial charge >= 0.3 is 0 Å². The molecule has 0 bridgehead atoms. The van der Waals surface area contributed by atoms with Gasteiger partial charge in [0.05, 0.1) is 0 Å². The van der Waals surface area contributed by atoms with Crippen LogP contribution in [0.15, 0.2) is 40.9 Å². The Morgan fingerprint density at radius 1 is 1.11 bits per heavy atom. The minimum atomic E-state index is 0.583. The van der Waals surface area contributed by atoms with Crippen molar-refractivity contribution in [1.29, 1.82) is 0 Å². The van der Waals surface area contributed by atoms with Crippen molar-refractivity contribution in [2.45, 2.75) is 12.3 Å². The highest BCUT2D eigenvalue weighted by Crippen LogP contribution is 2.24. The second kappa shape index (κ2) is 4.53. The molecule has 0 amide bonds. The molecule has 3 nitrogen and oxygen atoms in total. The van der Waals surface area contributed by atoms with E-state index in [0.717, 1.165) is 10.9 Å². The minimum absolute atomic E-state index is 0.583. The molecule has 0 aliphatic rings. The van der Waals surface area contributed by atoms with Crippen LogP contribution < -0.4 is 0 Å². The van der Waals surface area contributed by atoms with Crippen molar-refractivity contribution in [2.24, 2.45) is 0 Å². The van der Waals surface area contributed by atoms with Crippen molar-refractivity contribution in [3.8, 4) is 11.4 Å². The van der Waals surface area contributed by atoms with Crippen molar-refractivity contribution in [3.63, 3.8) is 0 Å². The lowest BCUT2D eigenvalue weighted by molar-refractivity contribution is 0.394. The lowest BCUT2D eigenvalue weighted by Crippen LogP contribution is -1.83. The standard InChI is InChI=1S/C14H11BrN2O/c1-9-16-14(17-18-9)12-5-4-11-3-2-10(8-15)6-13(11)7-12/h2-7H,8H2,1H3. The fraction of sp³-hybridized carbons (Fsp3) is 0.143. The van der Waals surface area contributed by atoms with Crippen molar-refractivity contribution in [1.82, 2.24) is 10.1 Å². The van der Waals surface area contributed by atoms with Gasteiger partial charge in [0.2, 0.25) is 11.7 Å². The highest BCUT2D eigenvalue weighted by atomic mass is 79.9. The van der Waals surface area contributed by atoms with Crippen LogP contribution in [-0.2, 0) is 5.33 Å². The van der Waals surface area contributed by atoms with Crippen LogP contribution in [-0.4, -0.2) is 10.1 Å². The fourth-order valence-electron chi connectivity index (χ4n) is 1.93. The Morgan fingerprint density at radius 3 is 2.67 bits per heavy atom. The van der Waals surface area contributed by atoms with Gasteiger partial charge in [-0.25, -0.2) is 0 Å². The van der Waals surface area contributed by atoms with E-state index < -0.39 is 0 Å². The van der Waals surface area contributed by atoms with Gasteiger partial charge in [0, 0.05) is 17.8 Å². The first-order chi connectivity index (χ1) is 8.76. The Morgan fingerprint density at radius 2 is 1.94 bits per heavy atom. The summed E-state index contributed by atoms with van der Waals surface area (Å²) in [6.45, 7) is 1.79. The van der Waals surface area contributed by atoms with E-state index in [4.69, 9.17) is 4.52 Å². The van der Waals surface area contributed by atoms with Gasteiger partial charge in [-0.3, -0.25) is 0 Å². The summed E-state index contributed by atoms with van der Waals surface area (Å²) in [5, 5.41) is 7.19. The molecule has 0 aliphatic carbocycles. The topological polar surface area (TPSA) is 38.9 Å². The Hall–Kier alpha value is -1.68. The zero-order valence-electron chi connectivity index (χ0n) is 9.85. The third-order valence-corrected chi connectivity index (χ3v) is 3.49. The summed E-state index contributed by atoms with van der Waals surface area (Å²) < 4.78 is 5.01. The third kappa shape index (κ3) is 2.04. The largest absolute Gasteiger partial charge is 0.339 e. The van der Waals surface area contributed by atoms with Crippen molar-refractivity contribution in [3.05, 3.63) is 47.9 Å². The number of fused-ring (bicyclic) bond motifs is 1. The molecule has 18 heavy (non-hydrogen) atoms. The van der Waals surface area contributed by atoms with Gasteiger partial charge < -0.3 is 4.52 Å². The predicted molar refractivity (Wildman–Crippen MR) is 74.6 cm³/mol. The van der Waals surface area contributed by atoms with Gasteiger partial charge in [-0.2, -0.15) is 4.98 Å². The highest BCUT2D eigenvalue weighted by molar-refractivity contribution is 9.08. The van der Waals surface area contributed by atoms with E-state index in [0.29, 0.717) is 11.7 Å². The molecular weight excluding hydrogens is 292 g/mol. The predicted octanol–water partition coefficient (Wildman–Crippen LogP) is 4.09. The molecule has 2 aromatic carbocycles. The van der Waals surface area contributed by atoms with Crippen LogP contribution in [0.4, 0.5) is 0 Å². The zero-order valence-corrected chi connectivity index (χ0v) is 11.4. The average Bonchev–Trinajstić information content (AvgIpc) is 2.84. The number of aryl methyl sites for hydroxylation is 1. The number of hydrogen-bond acceptors (Lipinski definition) is 3. The molecule has 0 atom stereocenters. The quantitative estimate of drug-likeness (QED) is 0.669. The second-order valence-corrected chi connectivity index (χ2v) is 4.73. The number of hydrogen-bond donors (Lipinski definition) is 0. The van der Waals surface area contributed by atoms with Crippen molar-refractivity contribution >= 4 is 26.7 Å². The first-order valence-electron chi connectivity index (χ1n) is 5.65. The molecule has 0 unspecified atom stereocenters. The number of nitrogens with zero attached hydrogens (tertiary/aromatic N) is 2. The highest BCUT2D eigenvalue weighted by Gasteiger charge is 2.06. The maximum Gasteiger partial charge on any atom is 0.223 e. The van der Waals surface area contributed by atoms with Crippen LogP contribution in [0.2, 0.25) is 0 Å². The monoisotopic (exact) mass is 302 g/mol. The molecule has 90 valence electrons. The lowest BCUT2D eigenvalue weighted by Gasteiger charge is -2.02. The molecule has 0 saturated heterocycles. The smallest absolute Gasteiger partial charge is 0.223 e. The number of halogens is 1. The molecule has 0 N–H and O–H groups in total. The summed E-state index contributed by atoms with van der Waals surface area (Å²) >= 11 is 3.47. The first kappa shape index (κ1) is 11.4. The number of alkyl halides is 1. The summed E-state index contributed by atoms with van der Waals surface area (Å²) in [6.07, 6.45) is 0. The first-order valence-corrected chi connectivity index (χ1v) is 6.78. The summed E-state index contributed by atoms with van der Waals surface area (Å²) in [6, 6.07) is 12.6. The molecule has 3 rings (SSSR count). The lowest BCUT2D eigenvalue weighted by atomic mass is 10.0. The molecule has 0 saturated carbocycles. The van der Waals surface area contributed by atoms with Crippen LogP contribution in [0.5, 0.6) is 0 Å². The van der Waals surface area contributed by atoms with Crippen molar-refractivity contribution < 1.29 is 4.52 Å². The Labute approximate surface area is 113 Å². The number of rotatable bonds is 2. The van der Waals surface area contributed by atoms with E-state index in [2.05, 4.69) is 56.4 Å². The number of benzene rings is 2. The van der Waals surface area contributed by atoms with Crippen LogP contribution in [0.25, 0.3) is 22.2 Å². The third-order valence-electron chi connectivity index (χ3n) is 2.84. The number of aromatic nitrogens is 2. The normalized spacial score (nSPS) is 11.0. The molecule has 0 spiro atoms. The van der Waals surface area contributed by atoms with Gasteiger partial charge in [0.1, 0.15) is 0 Å². The van der Waals surface area contributed by atoms with E-state index in [1.54, 1.807) is 6.92 Å². The minimum Gasteiger partial charge on any atom is -0.339 e. The fourth-order valence-corrected chi connectivity index (χ4v) is 2.28. The van der Waals surface area contributed by atoms with E-state index in [1.165, 1.54) is 16.3 Å². The molecule has 4 heteroatoms. The van der Waals surface area contributed by atoms with Crippen LogP contribution in [0, 0.1) is 6.92 Å².